The molecule has 0 spiro atoms. The van der Waals surface area contributed by atoms with Crippen molar-refractivity contribution in [1.29, 1.82) is 0 Å². The fraction of sp³-hybridized carbons (Fsp3) is 0.538. The summed E-state index contributed by atoms with van der Waals surface area (Å²) in [4.78, 5) is 15.6. The highest BCUT2D eigenvalue weighted by atomic mass is 16.3. The molecule has 0 bridgehead atoms. The fourth-order valence-corrected chi connectivity index (χ4v) is 1.62. The van der Waals surface area contributed by atoms with Crippen molar-refractivity contribution in [1.82, 2.24) is 10.3 Å². The summed E-state index contributed by atoms with van der Waals surface area (Å²) in [6.45, 7) is 4.74. The van der Waals surface area contributed by atoms with Crippen LogP contribution in [0.4, 0.5) is 0 Å². The minimum atomic E-state index is -0.254. The van der Waals surface area contributed by atoms with Gasteiger partial charge in [-0.2, -0.15) is 0 Å². The number of amides is 1. The van der Waals surface area contributed by atoms with Crippen molar-refractivity contribution >= 4 is 5.91 Å². The number of aliphatic hydroxyl groups excluding tert-OH is 1. The van der Waals surface area contributed by atoms with Crippen LogP contribution in [0.15, 0.2) is 18.5 Å². The Balaban J connectivity index is 2.50. The molecule has 0 saturated heterocycles. The van der Waals surface area contributed by atoms with Gasteiger partial charge < -0.3 is 15.5 Å². The van der Waals surface area contributed by atoms with Crippen molar-refractivity contribution in [2.75, 3.05) is 13.2 Å². The number of carbonyl (C=O) groups is 1. The largest absolute Gasteiger partial charge is 0.506 e. The molecule has 1 aromatic heterocycles. The van der Waals surface area contributed by atoms with Crippen molar-refractivity contribution < 1.29 is 15.0 Å². The van der Waals surface area contributed by atoms with Crippen LogP contribution < -0.4 is 5.32 Å². The van der Waals surface area contributed by atoms with Gasteiger partial charge in [0.05, 0.1) is 11.8 Å². The number of aromatic hydroxyl groups is 1. The number of nitrogens with one attached hydrogen (secondary N) is 1. The van der Waals surface area contributed by atoms with E-state index in [1.807, 2.05) is 13.8 Å². The molecule has 1 aromatic rings. The van der Waals surface area contributed by atoms with Crippen LogP contribution in [-0.4, -0.2) is 34.3 Å². The number of nitrogens with zero attached hydrogens (tertiary/aromatic N) is 1. The smallest absolute Gasteiger partial charge is 0.253 e. The number of hydrogen-bond acceptors (Lipinski definition) is 4. The first-order chi connectivity index (χ1) is 8.44. The molecule has 0 aromatic carbocycles. The zero-order chi connectivity index (χ0) is 13.6. The molecule has 5 nitrogen and oxygen atoms in total. The molecule has 0 fully saturated rings. The zero-order valence-corrected chi connectivity index (χ0v) is 10.8. The van der Waals surface area contributed by atoms with Crippen LogP contribution in [0.2, 0.25) is 0 Å². The topological polar surface area (TPSA) is 82.5 Å². The van der Waals surface area contributed by atoms with Crippen molar-refractivity contribution in [3.63, 3.8) is 0 Å². The van der Waals surface area contributed by atoms with Gasteiger partial charge >= 0.3 is 0 Å². The minimum Gasteiger partial charge on any atom is -0.506 e. The second-order valence-electron chi connectivity index (χ2n) is 5.11. The Hall–Kier alpha value is -1.62. The van der Waals surface area contributed by atoms with Crippen LogP contribution in [0.25, 0.3) is 0 Å². The number of hydrogen-bond donors (Lipinski definition) is 3. The maximum absolute atomic E-state index is 11.8. The van der Waals surface area contributed by atoms with Crippen LogP contribution in [0, 0.1) is 5.41 Å². The first-order valence-electron chi connectivity index (χ1n) is 5.98. The summed E-state index contributed by atoms with van der Waals surface area (Å²) in [5.41, 5.74) is 0.274. The van der Waals surface area contributed by atoms with Gasteiger partial charge in [0.25, 0.3) is 5.91 Å². The van der Waals surface area contributed by atoms with Crippen LogP contribution >= 0.6 is 0 Å². The Morgan fingerprint density at radius 2 is 2.17 bits per heavy atom. The fourth-order valence-electron chi connectivity index (χ4n) is 1.62. The molecule has 1 rings (SSSR count). The molecule has 3 N–H and O–H groups in total. The average Bonchev–Trinajstić information content (AvgIpc) is 2.34. The normalized spacial score (nSPS) is 11.3. The molecule has 18 heavy (non-hydrogen) atoms. The maximum Gasteiger partial charge on any atom is 0.253 e. The maximum atomic E-state index is 11.8. The van der Waals surface area contributed by atoms with Crippen molar-refractivity contribution in [3.05, 3.63) is 24.0 Å². The van der Waals surface area contributed by atoms with Gasteiger partial charge in [0.2, 0.25) is 0 Å². The van der Waals surface area contributed by atoms with E-state index in [2.05, 4.69) is 10.3 Å². The van der Waals surface area contributed by atoms with Gasteiger partial charge in [0.15, 0.2) is 0 Å². The molecule has 0 aliphatic heterocycles. The third-order valence-electron chi connectivity index (χ3n) is 2.73. The van der Waals surface area contributed by atoms with E-state index in [1.54, 1.807) is 0 Å². The SMILES string of the molecule is CC(C)(CCCO)CNC(=O)c1cncc(O)c1. The number of pyridine rings is 1. The van der Waals surface area contributed by atoms with Crippen LogP contribution in [0.1, 0.15) is 37.0 Å². The summed E-state index contributed by atoms with van der Waals surface area (Å²) in [6.07, 6.45) is 4.25. The van der Waals surface area contributed by atoms with Crippen LogP contribution in [0.5, 0.6) is 5.75 Å². The Morgan fingerprint density at radius 3 is 2.78 bits per heavy atom. The monoisotopic (exact) mass is 252 g/mol. The highest BCUT2D eigenvalue weighted by molar-refractivity contribution is 5.94. The van der Waals surface area contributed by atoms with Crippen LogP contribution in [0.3, 0.4) is 0 Å². The molecular weight excluding hydrogens is 232 g/mol. The van der Waals surface area contributed by atoms with Gasteiger partial charge in [-0.1, -0.05) is 13.8 Å². The first-order valence-corrected chi connectivity index (χ1v) is 5.98. The molecule has 0 aliphatic carbocycles. The Bertz CT molecular complexity index is 405. The standard InChI is InChI=1S/C13H20N2O3/c1-13(2,4-3-5-16)9-15-12(18)10-6-11(17)8-14-7-10/h6-8,16-17H,3-5,9H2,1-2H3,(H,15,18). The summed E-state index contributed by atoms with van der Waals surface area (Å²) in [5, 5.41) is 20.8. The minimum absolute atomic E-state index is 0.0257. The van der Waals surface area contributed by atoms with E-state index in [4.69, 9.17) is 5.11 Å². The molecule has 1 amide bonds. The van der Waals surface area contributed by atoms with Gasteiger partial charge in [-0.25, -0.2) is 0 Å². The summed E-state index contributed by atoms with van der Waals surface area (Å²) < 4.78 is 0. The lowest BCUT2D eigenvalue weighted by Crippen LogP contribution is -2.34. The predicted octanol–water partition coefficient (Wildman–Crippen LogP) is 1.32. The highest BCUT2D eigenvalue weighted by Crippen LogP contribution is 2.21. The highest BCUT2D eigenvalue weighted by Gasteiger charge is 2.18. The van der Waals surface area contributed by atoms with Crippen LogP contribution in [-0.2, 0) is 0 Å². The molecule has 100 valence electrons. The molecule has 0 unspecified atom stereocenters. The third kappa shape index (κ3) is 4.71. The van der Waals surface area contributed by atoms with E-state index in [1.165, 1.54) is 18.5 Å². The molecule has 5 heteroatoms. The van der Waals surface area contributed by atoms with E-state index in [0.29, 0.717) is 12.1 Å². The molecule has 0 aliphatic rings. The molecular formula is C13H20N2O3. The second kappa shape index (κ2) is 6.35. The van der Waals surface area contributed by atoms with E-state index in [9.17, 15) is 9.90 Å². The van der Waals surface area contributed by atoms with Gasteiger partial charge in [-0.05, 0) is 24.3 Å². The van der Waals surface area contributed by atoms with E-state index < -0.39 is 0 Å². The lowest BCUT2D eigenvalue weighted by Gasteiger charge is -2.24. The van der Waals surface area contributed by atoms with Gasteiger partial charge in [-0.3, -0.25) is 9.78 Å². The van der Waals surface area contributed by atoms with Gasteiger partial charge in [0, 0.05) is 19.3 Å². The van der Waals surface area contributed by atoms with E-state index in [0.717, 1.165) is 12.8 Å². The van der Waals surface area contributed by atoms with Crippen molar-refractivity contribution in [3.8, 4) is 5.75 Å². The summed E-state index contributed by atoms with van der Waals surface area (Å²) in [5.74, 6) is -0.280. The Kier molecular flexibility index (Phi) is 5.09. The van der Waals surface area contributed by atoms with E-state index >= 15 is 0 Å². The number of carbonyl (C=O) groups excluding carboxylic acids is 1. The molecule has 0 radical (unpaired) electrons. The van der Waals surface area contributed by atoms with E-state index in [-0.39, 0.29) is 23.7 Å². The number of aliphatic hydroxyl groups is 1. The van der Waals surface area contributed by atoms with Crippen molar-refractivity contribution in [2.24, 2.45) is 5.41 Å². The number of aromatic nitrogens is 1. The lowest BCUT2D eigenvalue weighted by molar-refractivity contribution is 0.0932. The Morgan fingerprint density at radius 1 is 1.44 bits per heavy atom. The predicted molar refractivity (Wildman–Crippen MR) is 68.3 cm³/mol. The van der Waals surface area contributed by atoms with Gasteiger partial charge in [0.1, 0.15) is 5.75 Å². The summed E-state index contributed by atoms with van der Waals surface area (Å²) in [6, 6.07) is 1.38. The first kappa shape index (κ1) is 14.4. The third-order valence-corrected chi connectivity index (χ3v) is 2.73. The lowest BCUT2D eigenvalue weighted by atomic mass is 9.88. The molecule has 0 saturated carbocycles. The average molecular weight is 252 g/mol. The second-order valence-corrected chi connectivity index (χ2v) is 5.11. The Labute approximate surface area is 107 Å². The van der Waals surface area contributed by atoms with Crippen molar-refractivity contribution in [2.45, 2.75) is 26.7 Å². The van der Waals surface area contributed by atoms with Gasteiger partial charge in [-0.15, -0.1) is 0 Å². The number of rotatable bonds is 6. The zero-order valence-electron chi connectivity index (χ0n) is 10.8. The quantitative estimate of drug-likeness (QED) is 0.713. The summed E-state index contributed by atoms with van der Waals surface area (Å²) in [7, 11) is 0. The molecule has 0 atom stereocenters. The molecule has 1 heterocycles. The summed E-state index contributed by atoms with van der Waals surface area (Å²) >= 11 is 0.